The lowest BCUT2D eigenvalue weighted by Gasteiger charge is -2.13. The highest BCUT2D eigenvalue weighted by Crippen LogP contribution is 2.24. The number of ether oxygens (including phenoxy) is 1. The van der Waals surface area contributed by atoms with Crippen molar-refractivity contribution in [1.82, 2.24) is 5.32 Å². The minimum Gasteiger partial charge on any atom is -0.508 e. The first kappa shape index (κ1) is 17.3. The highest BCUT2D eigenvalue weighted by molar-refractivity contribution is 5.94. The molecule has 1 aliphatic carbocycles. The molecule has 0 bridgehead atoms. The first-order valence-electron chi connectivity index (χ1n) is 9.03. The predicted octanol–water partition coefficient (Wildman–Crippen LogP) is 4.08. The fraction of sp³-hybridized carbons (Fsp3) is 0.381. The van der Waals surface area contributed by atoms with Gasteiger partial charge in [-0.1, -0.05) is 12.1 Å². The quantitative estimate of drug-likeness (QED) is 0.748. The Kier molecular flexibility index (Phi) is 5.94. The number of rotatable bonds is 7. The zero-order valence-corrected chi connectivity index (χ0v) is 14.4. The molecule has 0 saturated heterocycles. The fourth-order valence-electron chi connectivity index (χ4n) is 3.14. The molecule has 4 nitrogen and oxygen atoms in total. The first-order chi connectivity index (χ1) is 12.2. The molecule has 0 aliphatic heterocycles. The van der Waals surface area contributed by atoms with Crippen LogP contribution in [0.25, 0.3) is 0 Å². The van der Waals surface area contributed by atoms with Crippen LogP contribution in [-0.2, 0) is 6.42 Å². The monoisotopic (exact) mass is 339 g/mol. The molecule has 25 heavy (non-hydrogen) atoms. The van der Waals surface area contributed by atoms with Crippen LogP contribution < -0.4 is 10.1 Å². The van der Waals surface area contributed by atoms with Gasteiger partial charge in [-0.3, -0.25) is 4.79 Å². The minimum absolute atomic E-state index is 0.0573. The van der Waals surface area contributed by atoms with E-state index in [1.54, 1.807) is 12.1 Å². The molecule has 0 atom stereocenters. The third-order valence-corrected chi connectivity index (χ3v) is 4.59. The number of nitrogens with one attached hydrogen (secondary N) is 1. The summed E-state index contributed by atoms with van der Waals surface area (Å²) < 4.78 is 5.92. The maximum Gasteiger partial charge on any atom is 0.251 e. The summed E-state index contributed by atoms with van der Waals surface area (Å²) in [5.41, 5.74) is 1.81. The summed E-state index contributed by atoms with van der Waals surface area (Å²) in [7, 11) is 0. The van der Waals surface area contributed by atoms with Crippen molar-refractivity contribution in [2.75, 3.05) is 6.54 Å². The van der Waals surface area contributed by atoms with E-state index in [9.17, 15) is 9.90 Å². The highest BCUT2D eigenvalue weighted by Gasteiger charge is 2.16. The molecular formula is C21H25NO3. The van der Waals surface area contributed by atoms with Crippen molar-refractivity contribution in [3.8, 4) is 11.5 Å². The number of phenolic OH excluding ortho intramolecular Hbond substituents is 1. The maximum atomic E-state index is 12.2. The molecule has 3 rings (SSSR count). The van der Waals surface area contributed by atoms with Gasteiger partial charge in [-0.05, 0) is 80.5 Å². The zero-order chi connectivity index (χ0) is 17.5. The molecule has 2 N–H and O–H groups in total. The van der Waals surface area contributed by atoms with Gasteiger partial charge in [-0.15, -0.1) is 0 Å². The van der Waals surface area contributed by atoms with Gasteiger partial charge in [-0.2, -0.15) is 0 Å². The number of hydrogen-bond donors (Lipinski definition) is 2. The second-order valence-electron chi connectivity index (χ2n) is 6.57. The molecule has 1 amide bonds. The van der Waals surface area contributed by atoms with Gasteiger partial charge in [0.05, 0.1) is 6.10 Å². The number of phenols is 1. The summed E-state index contributed by atoms with van der Waals surface area (Å²) in [4.78, 5) is 12.2. The van der Waals surface area contributed by atoms with Gasteiger partial charge in [0.2, 0.25) is 0 Å². The van der Waals surface area contributed by atoms with Crippen LogP contribution in [-0.4, -0.2) is 23.7 Å². The first-order valence-corrected chi connectivity index (χ1v) is 9.03. The van der Waals surface area contributed by atoms with Crippen LogP contribution in [0.4, 0.5) is 0 Å². The van der Waals surface area contributed by atoms with Crippen LogP contribution in [0.15, 0.2) is 48.5 Å². The molecule has 0 spiro atoms. The van der Waals surface area contributed by atoms with Crippen molar-refractivity contribution >= 4 is 5.91 Å². The molecule has 0 radical (unpaired) electrons. The van der Waals surface area contributed by atoms with E-state index >= 15 is 0 Å². The van der Waals surface area contributed by atoms with Gasteiger partial charge in [0.25, 0.3) is 5.91 Å². The van der Waals surface area contributed by atoms with Crippen LogP contribution in [0.5, 0.6) is 11.5 Å². The molecule has 1 fully saturated rings. The van der Waals surface area contributed by atoms with Crippen molar-refractivity contribution in [2.45, 2.75) is 44.6 Å². The Morgan fingerprint density at radius 3 is 2.40 bits per heavy atom. The molecular weight excluding hydrogens is 314 g/mol. The smallest absolute Gasteiger partial charge is 0.251 e. The molecule has 0 unspecified atom stereocenters. The Morgan fingerprint density at radius 2 is 1.72 bits per heavy atom. The van der Waals surface area contributed by atoms with E-state index in [4.69, 9.17) is 4.74 Å². The van der Waals surface area contributed by atoms with Crippen LogP contribution in [0.2, 0.25) is 0 Å². The number of amides is 1. The average Bonchev–Trinajstić information content (AvgIpc) is 3.14. The number of aryl methyl sites for hydroxylation is 1. The normalized spacial score (nSPS) is 14.4. The lowest BCUT2D eigenvalue weighted by atomic mass is 10.1. The Bertz CT molecular complexity index is 673. The van der Waals surface area contributed by atoms with Gasteiger partial charge in [0.15, 0.2) is 0 Å². The zero-order valence-electron chi connectivity index (χ0n) is 14.4. The standard InChI is InChI=1S/C21H25NO3/c23-18-11-7-16(8-12-18)4-3-15-22-21(24)17-9-13-20(14-10-17)25-19-5-1-2-6-19/h7-14,19,23H,1-6,15H2,(H,22,24). The molecule has 0 aromatic heterocycles. The van der Waals surface area contributed by atoms with Crippen molar-refractivity contribution in [1.29, 1.82) is 0 Å². The van der Waals surface area contributed by atoms with Crippen LogP contribution >= 0.6 is 0 Å². The number of carbonyl (C=O) groups excluding carboxylic acids is 1. The minimum atomic E-state index is -0.0573. The van der Waals surface area contributed by atoms with Crippen molar-refractivity contribution < 1.29 is 14.6 Å². The molecule has 1 aliphatic rings. The Hall–Kier alpha value is -2.49. The maximum absolute atomic E-state index is 12.2. The van der Waals surface area contributed by atoms with E-state index in [0.717, 1.165) is 37.0 Å². The van der Waals surface area contributed by atoms with Gasteiger partial charge in [0.1, 0.15) is 11.5 Å². The number of hydrogen-bond acceptors (Lipinski definition) is 3. The van der Waals surface area contributed by atoms with Gasteiger partial charge < -0.3 is 15.2 Å². The number of benzene rings is 2. The fourth-order valence-corrected chi connectivity index (χ4v) is 3.14. The number of carbonyl (C=O) groups is 1. The number of aromatic hydroxyl groups is 1. The van der Waals surface area contributed by atoms with Crippen molar-refractivity contribution in [2.24, 2.45) is 0 Å². The second-order valence-corrected chi connectivity index (χ2v) is 6.57. The van der Waals surface area contributed by atoms with Crippen LogP contribution in [0.1, 0.15) is 48.0 Å². The van der Waals surface area contributed by atoms with Crippen molar-refractivity contribution in [3.05, 3.63) is 59.7 Å². The summed E-state index contributed by atoms with van der Waals surface area (Å²) >= 11 is 0. The molecule has 2 aromatic rings. The SMILES string of the molecule is O=C(NCCCc1ccc(O)cc1)c1ccc(OC2CCCC2)cc1. The molecule has 132 valence electrons. The summed E-state index contributed by atoms with van der Waals surface area (Å²) in [6.45, 7) is 0.625. The van der Waals surface area contributed by atoms with E-state index in [1.165, 1.54) is 12.8 Å². The molecule has 0 heterocycles. The second kappa shape index (κ2) is 8.56. The van der Waals surface area contributed by atoms with E-state index < -0.39 is 0 Å². The Morgan fingerprint density at radius 1 is 1.04 bits per heavy atom. The Balaban J connectivity index is 1.40. The lowest BCUT2D eigenvalue weighted by molar-refractivity contribution is 0.0953. The Labute approximate surface area is 148 Å². The molecule has 2 aromatic carbocycles. The molecule has 1 saturated carbocycles. The van der Waals surface area contributed by atoms with E-state index in [0.29, 0.717) is 18.2 Å². The van der Waals surface area contributed by atoms with Crippen LogP contribution in [0, 0.1) is 0 Å². The highest BCUT2D eigenvalue weighted by atomic mass is 16.5. The van der Waals surface area contributed by atoms with Crippen molar-refractivity contribution in [3.63, 3.8) is 0 Å². The largest absolute Gasteiger partial charge is 0.508 e. The summed E-state index contributed by atoms with van der Waals surface area (Å²) in [6.07, 6.45) is 6.81. The van der Waals surface area contributed by atoms with Crippen LogP contribution in [0.3, 0.4) is 0 Å². The van der Waals surface area contributed by atoms with Gasteiger partial charge in [0, 0.05) is 12.1 Å². The predicted molar refractivity (Wildman–Crippen MR) is 98.1 cm³/mol. The average molecular weight is 339 g/mol. The summed E-state index contributed by atoms with van der Waals surface area (Å²) in [6, 6.07) is 14.6. The third kappa shape index (κ3) is 5.24. The van der Waals surface area contributed by atoms with Gasteiger partial charge in [-0.25, -0.2) is 0 Å². The third-order valence-electron chi connectivity index (χ3n) is 4.59. The summed E-state index contributed by atoms with van der Waals surface area (Å²) in [5, 5.41) is 12.2. The van der Waals surface area contributed by atoms with E-state index in [2.05, 4.69) is 5.32 Å². The summed E-state index contributed by atoms with van der Waals surface area (Å²) in [5.74, 6) is 1.06. The molecule has 4 heteroatoms. The van der Waals surface area contributed by atoms with E-state index in [-0.39, 0.29) is 11.7 Å². The lowest BCUT2D eigenvalue weighted by Crippen LogP contribution is -2.24. The van der Waals surface area contributed by atoms with E-state index in [1.807, 2.05) is 36.4 Å². The van der Waals surface area contributed by atoms with Gasteiger partial charge >= 0.3 is 0 Å². The topological polar surface area (TPSA) is 58.6 Å².